The first-order chi connectivity index (χ1) is 8.81. The van der Waals surface area contributed by atoms with E-state index in [-0.39, 0.29) is 0 Å². The SMILES string of the molecule is COc1ccc(Oc2ccc(CCN)cn2)cc1. The molecule has 0 aliphatic carbocycles. The highest BCUT2D eigenvalue weighted by molar-refractivity contribution is 5.33. The molecule has 18 heavy (non-hydrogen) atoms. The molecule has 94 valence electrons. The van der Waals surface area contributed by atoms with E-state index < -0.39 is 0 Å². The lowest BCUT2D eigenvalue weighted by atomic mass is 10.2. The second-order valence-corrected chi connectivity index (χ2v) is 3.82. The number of aromatic nitrogens is 1. The molecule has 1 heterocycles. The molecule has 0 aliphatic heterocycles. The highest BCUT2D eigenvalue weighted by atomic mass is 16.5. The molecule has 2 aromatic rings. The third kappa shape index (κ3) is 3.21. The fourth-order valence-corrected chi connectivity index (χ4v) is 1.55. The summed E-state index contributed by atoms with van der Waals surface area (Å²) in [6, 6.07) is 11.2. The Labute approximate surface area is 106 Å². The number of hydrogen-bond acceptors (Lipinski definition) is 4. The van der Waals surface area contributed by atoms with Gasteiger partial charge in [-0.05, 0) is 42.8 Å². The quantitative estimate of drug-likeness (QED) is 0.877. The molecule has 0 spiro atoms. The van der Waals surface area contributed by atoms with Crippen molar-refractivity contribution < 1.29 is 9.47 Å². The lowest BCUT2D eigenvalue weighted by molar-refractivity contribution is 0.412. The Bertz CT molecular complexity index is 480. The number of pyridine rings is 1. The first-order valence-electron chi connectivity index (χ1n) is 5.78. The van der Waals surface area contributed by atoms with Gasteiger partial charge in [0.2, 0.25) is 5.88 Å². The van der Waals surface area contributed by atoms with Crippen molar-refractivity contribution in [2.24, 2.45) is 5.73 Å². The third-order valence-electron chi connectivity index (χ3n) is 2.51. The van der Waals surface area contributed by atoms with E-state index in [1.54, 1.807) is 13.3 Å². The fraction of sp³-hybridized carbons (Fsp3) is 0.214. The number of rotatable bonds is 5. The van der Waals surface area contributed by atoms with Gasteiger partial charge in [0, 0.05) is 12.3 Å². The second-order valence-electron chi connectivity index (χ2n) is 3.82. The molecule has 0 bridgehead atoms. The number of hydrogen-bond donors (Lipinski definition) is 1. The zero-order valence-electron chi connectivity index (χ0n) is 10.3. The summed E-state index contributed by atoms with van der Waals surface area (Å²) >= 11 is 0. The van der Waals surface area contributed by atoms with Gasteiger partial charge < -0.3 is 15.2 Å². The van der Waals surface area contributed by atoms with E-state index in [0.29, 0.717) is 12.4 Å². The van der Waals surface area contributed by atoms with Gasteiger partial charge in [-0.2, -0.15) is 0 Å². The number of nitrogens with two attached hydrogens (primary N) is 1. The Hall–Kier alpha value is -2.07. The van der Waals surface area contributed by atoms with Crippen molar-refractivity contribution in [2.75, 3.05) is 13.7 Å². The number of ether oxygens (including phenoxy) is 2. The van der Waals surface area contributed by atoms with Crippen LogP contribution in [0.4, 0.5) is 0 Å². The molecule has 4 heteroatoms. The summed E-state index contributed by atoms with van der Waals surface area (Å²) in [5.41, 5.74) is 6.59. The molecular weight excluding hydrogens is 228 g/mol. The highest BCUT2D eigenvalue weighted by Gasteiger charge is 1.99. The first kappa shape index (κ1) is 12.4. The average Bonchev–Trinajstić information content (AvgIpc) is 2.42. The Morgan fingerprint density at radius 2 is 1.78 bits per heavy atom. The van der Waals surface area contributed by atoms with E-state index in [0.717, 1.165) is 23.5 Å². The lowest BCUT2D eigenvalue weighted by Crippen LogP contribution is -2.02. The Balaban J connectivity index is 2.03. The predicted octanol–water partition coefficient (Wildman–Crippen LogP) is 2.38. The molecule has 1 aromatic heterocycles. The summed E-state index contributed by atoms with van der Waals surface area (Å²) in [5, 5.41) is 0. The van der Waals surface area contributed by atoms with E-state index in [1.165, 1.54) is 0 Å². The van der Waals surface area contributed by atoms with Crippen LogP contribution in [0.25, 0.3) is 0 Å². The summed E-state index contributed by atoms with van der Waals surface area (Å²) in [4.78, 5) is 4.23. The Morgan fingerprint density at radius 3 is 2.33 bits per heavy atom. The minimum absolute atomic E-state index is 0.570. The molecule has 4 nitrogen and oxygen atoms in total. The molecule has 2 N–H and O–H groups in total. The molecule has 2 rings (SSSR count). The van der Waals surface area contributed by atoms with Crippen LogP contribution in [0.15, 0.2) is 42.6 Å². The van der Waals surface area contributed by atoms with Crippen molar-refractivity contribution >= 4 is 0 Å². The Kier molecular flexibility index (Phi) is 4.15. The van der Waals surface area contributed by atoms with Crippen LogP contribution in [-0.2, 0) is 6.42 Å². The van der Waals surface area contributed by atoms with Crippen LogP contribution in [0.2, 0.25) is 0 Å². The smallest absolute Gasteiger partial charge is 0.219 e. The van der Waals surface area contributed by atoms with Crippen LogP contribution in [0.3, 0.4) is 0 Å². The van der Waals surface area contributed by atoms with Crippen LogP contribution in [0, 0.1) is 0 Å². The van der Waals surface area contributed by atoms with Crippen LogP contribution >= 0.6 is 0 Å². The minimum Gasteiger partial charge on any atom is -0.497 e. The summed E-state index contributed by atoms with van der Waals surface area (Å²) in [5.74, 6) is 2.10. The van der Waals surface area contributed by atoms with Gasteiger partial charge in [-0.1, -0.05) is 6.07 Å². The minimum atomic E-state index is 0.570. The van der Waals surface area contributed by atoms with Crippen LogP contribution in [0.1, 0.15) is 5.56 Å². The Morgan fingerprint density at radius 1 is 1.06 bits per heavy atom. The molecular formula is C14H16N2O2. The van der Waals surface area contributed by atoms with Gasteiger partial charge in [0.05, 0.1) is 7.11 Å². The summed E-state index contributed by atoms with van der Waals surface area (Å²) < 4.78 is 10.7. The van der Waals surface area contributed by atoms with Gasteiger partial charge in [0.1, 0.15) is 11.5 Å². The molecule has 0 saturated carbocycles. The summed E-state index contributed by atoms with van der Waals surface area (Å²) in [7, 11) is 1.63. The van der Waals surface area contributed by atoms with E-state index in [4.69, 9.17) is 15.2 Å². The molecule has 0 unspecified atom stereocenters. The summed E-state index contributed by atoms with van der Waals surface area (Å²) in [6.07, 6.45) is 2.61. The van der Waals surface area contributed by atoms with Crippen molar-refractivity contribution in [2.45, 2.75) is 6.42 Å². The van der Waals surface area contributed by atoms with Gasteiger partial charge in [-0.15, -0.1) is 0 Å². The van der Waals surface area contributed by atoms with Crippen molar-refractivity contribution in [3.8, 4) is 17.4 Å². The van der Waals surface area contributed by atoms with Crippen LogP contribution in [-0.4, -0.2) is 18.6 Å². The molecule has 1 aromatic carbocycles. The normalized spacial score (nSPS) is 10.1. The number of benzene rings is 1. The van der Waals surface area contributed by atoms with Crippen LogP contribution < -0.4 is 15.2 Å². The molecule has 0 amide bonds. The lowest BCUT2D eigenvalue weighted by Gasteiger charge is -2.06. The van der Waals surface area contributed by atoms with Gasteiger partial charge in [-0.3, -0.25) is 0 Å². The van der Waals surface area contributed by atoms with E-state index in [9.17, 15) is 0 Å². The monoisotopic (exact) mass is 244 g/mol. The van der Waals surface area contributed by atoms with Gasteiger partial charge in [0.25, 0.3) is 0 Å². The van der Waals surface area contributed by atoms with Gasteiger partial charge >= 0.3 is 0 Å². The maximum absolute atomic E-state index is 5.61. The molecule has 0 aliphatic rings. The topological polar surface area (TPSA) is 57.4 Å². The molecule has 0 radical (unpaired) electrons. The first-order valence-corrected chi connectivity index (χ1v) is 5.78. The fourth-order valence-electron chi connectivity index (χ4n) is 1.55. The zero-order valence-corrected chi connectivity index (χ0v) is 10.3. The standard InChI is InChI=1S/C14H16N2O2/c1-17-12-3-5-13(6-4-12)18-14-7-2-11(8-9-15)10-16-14/h2-7,10H,8-9,15H2,1H3. The van der Waals surface area contributed by atoms with E-state index >= 15 is 0 Å². The third-order valence-corrected chi connectivity index (χ3v) is 2.51. The highest BCUT2D eigenvalue weighted by Crippen LogP contribution is 2.22. The molecule has 0 saturated heterocycles. The van der Waals surface area contributed by atoms with Crippen molar-refractivity contribution in [3.63, 3.8) is 0 Å². The van der Waals surface area contributed by atoms with Crippen molar-refractivity contribution in [1.82, 2.24) is 4.98 Å². The largest absolute Gasteiger partial charge is 0.497 e. The molecule has 0 atom stereocenters. The second kappa shape index (κ2) is 6.02. The van der Waals surface area contributed by atoms with Crippen LogP contribution in [0.5, 0.6) is 17.4 Å². The molecule has 0 fully saturated rings. The maximum Gasteiger partial charge on any atom is 0.219 e. The number of nitrogens with zero attached hydrogens (tertiary/aromatic N) is 1. The van der Waals surface area contributed by atoms with Gasteiger partial charge in [-0.25, -0.2) is 4.98 Å². The van der Waals surface area contributed by atoms with Gasteiger partial charge in [0.15, 0.2) is 0 Å². The average molecular weight is 244 g/mol. The van der Waals surface area contributed by atoms with Crippen molar-refractivity contribution in [3.05, 3.63) is 48.2 Å². The number of methoxy groups -OCH3 is 1. The van der Waals surface area contributed by atoms with E-state index in [1.807, 2.05) is 36.4 Å². The zero-order chi connectivity index (χ0) is 12.8. The van der Waals surface area contributed by atoms with E-state index in [2.05, 4.69) is 4.98 Å². The summed E-state index contributed by atoms with van der Waals surface area (Å²) in [6.45, 7) is 0.625. The van der Waals surface area contributed by atoms with Crippen molar-refractivity contribution in [1.29, 1.82) is 0 Å². The predicted molar refractivity (Wildman–Crippen MR) is 70.1 cm³/mol. The maximum atomic E-state index is 5.61.